The summed E-state index contributed by atoms with van der Waals surface area (Å²) in [5.41, 5.74) is -0.480. The lowest BCUT2D eigenvalue weighted by Crippen LogP contribution is -2.62. The van der Waals surface area contributed by atoms with Crippen molar-refractivity contribution in [2.75, 3.05) is 6.61 Å². The number of fused-ring (bicyclic) bond motifs is 1. The van der Waals surface area contributed by atoms with Crippen LogP contribution in [0.3, 0.4) is 0 Å². The third-order valence-corrected chi connectivity index (χ3v) is 3.75. The Balaban J connectivity index is 2.01. The Hall–Kier alpha value is -2.37. The van der Waals surface area contributed by atoms with Gasteiger partial charge in [0.2, 0.25) is 11.8 Å². The molecule has 2 aliphatic heterocycles. The first-order valence-corrected chi connectivity index (χ1v) is 6.33. The zero-order valence-corrected chi connectivity index (χ0v) is 11.2. The Labute approximate surface area is 115 Å². The first-order chi connectivity index (χ1) is 9.43. The molecule has 20 heavy (non-hydrogen) atoms. The second-order valence-corrected chi connectivity index (χ2v) is 5.42. The van der Waals surface area contributed by atoms with Gasteiger partial charge < -0.3 is 4.74 Å². The van der Waals surface area contributed by atoms with E-state index in [1.165, 1.54) is 13.8 Å². The van der Waals surface area contributed by atoms with E-state index in [0.29, 0.717) is 5.75 Å². The quantitative estimate of drug-likeness (QED) is 0.781. The molecular weight excluding hydrogens is 260 g/mol. The molecule has 1 atom stereocenters. The van der Waals surface area contributed by atoms with Crippen LogP contribution in [0, 0.1) is 5.41 Å². The minimum absolute atomic E-state index is 0.211. The van der Waals surface area contributed by atoms with Crippen molar-refractivity contribution in [3.8, 4) is 5.75 Å². The summed E-state index contributed by atoms with van der Waals surface area (Å²) in [5, 5.41) is 2.23. The topological polar surface area (TPSA) is 75.7 Å². The van der Waals surface area contributed by atoms with Crippen LogP contribution in [-0.2, 0) is 9.59 Å². The standard InChI is InChI=1S/C14H14N2O4/c1-14(2)11(17)15-13(19)16(12(14)18)9-7-20-10-6-4-3-5-8(9)10/h3-6,9H,7H2,1-2H3,(H,15,17,19). The molecule has 0 saturated carbocycles. The van der Waals surface area contributed by atoms with Crippen LogP contribution in [0.4, 0.5) is 4.79 Å². The fourth-order valence-electron chi connectivity index (χ4n) is 2.45. The molecule has 1 aromatic rings. The summed E-state index contributed by atoms with van der Waals surface area (Å²) in [5.74, 6) is -0.416. The number of ether oxygens (including phenoxy) is 1. The molecule has 0 spiro atoms. The van der Waals surface area contributed by atoms with Gasteiger partial charge in [0.05, 0.1) is 0 Å². The highest BCUT2D eigenvalue weighted by atomic mass is 16.5. The molecule has 0 bridgehead atoms. The van der Waals surface area contributed by atoms with Gasteiger partial charge >= 0.3 is 6.03 Å². The highest BCUT2D eigenvalue weighted by Crippen LogP contribution is 2.38. The van der Waals surface area contributed by atoms with E-state index in [2.05, 4.69) is 5.32 Å². The third kappa shape index (κ3) is 1.61. The predicted molar refractivity (Wildman–Crippen MR) is 68.8 cm³/mol. The fourth-order valence-corrected chi connectivity index (χ4v) is 2.45. The van der Waals surface area contributed by atoms with Crippen molar-refractivity contribution in [3.05, 3.63) is 29.8 Å². The molecule has 0 aliphatic carbocycles. The smallest absolute Gasteiger partial charge is 0.331 e. The van der Waals surface area contributed by atoms with Gasteiger partial charge in [-0.25, -0.2) is 4.79 Å². The van der Waals surface area contributed by atoms with Crippen LogP contribution >= 0.6 is 0 Å². The minimum atomic E-state index is -1.26. The van der Waals surface area contributed by atoms with Crippen LogP contribution in [-0.4, -0.2) is 29.4 Å². The first-order valence-electron chi connectivity index (χ1n) is 6.33. The Morgan fingerprint density at radius 2 is 1.95 bits per heavy atom. The summed E-state index contributed by atoms with van der Waals surface area (Å²) >= 11 is 0. The zero-order chi connectivity index (χ0) is 14.5. The van der Waals surface area contributed by atoms with E-state index >= 15 is 0 Å². The Kier molecular flexibility index (Phi) is 2.57. The lowest BCUT2D eigenvalue weighted by atomic mass is 9.87. The van der Waals surface area contributed by atoms with E-state index < -0.39 is 29.3 Å². The molecule has 0 aromatic heterocycles. The molecule has 1 saturated heterocycles. The zero-order valence-electron chi connectivity index (χ0n) is 11.2. The Morgan fingerprint density at radius 3 is 2.70 bits per heavy atom. The number of imide groups is 2. The normalized spacial score (nSPS) is 24.2. The van der Waals surface area contributed by atoms with E-state index in [1.54, 1.807) is 6.07 Å². The molecule has 1 unspecified atom stereocenters. The molecule has 1 fully saturated rings. The van der Waals surface area contributed by atoms with Crippen LogP contribution in [0.1, 0.15) is 25.5 Å². The van der Waals surface area contributed by atoms with Crippen molar-refractivity contribution < 1.29 is 19.1 Å². The summed E-state index contributed by atoms with van der Waals surface area (Å²) in [7, 11) is 0. The fraction of sp³-hybridized carbons (Fsp3) is 0.357. The van der Waals surface area contributed by atoms with Crippen molar-refractivity contribution >= 4 is 17.8 Å². The monoisotopic (exact) mass is 274 g/mol. The summed E-state index contributed by atoms with van der Waals surface area (Å²) in [6, 6.07) is 6.07. The maximum atomic E-state index is 12.5. The summed E-state index contributed by atoms with van der Waals surface area (Å²) in [6.45, 7) is 3.22. The summed E-state index contributed by atoms with van der Waals surface area (Å²) < 4.78 is 5.50. The maximum absolute atomic E-state index is 12.5. The SMILES string of the molecule is CC1(C)C(=O)NC(=O)N(C2COc3ccccc32)C1=O. The number of amides is 4. The number of rotatable bonds is 1. The molecule has 1 aromatic carbocycles. The molecule has 3 rings (SSSR count). The number of hydrogen-bond acceptors (Lipinski definition) is 4. The van der Waals surface area contributed by atoms with E-state index in [0.717, 1.165) is 10.5 Å². The summed E-state index contributed by atoms with van der Waals surface area (Å²) in [6.07, 6.45) is 0. The van der Waals surface area contributed by atoms with Crippen LogP contribution in [0.2, 0.25) is 0 Å². The number of benzene rings is 1. The van der Waals surface area contributed by atoms with Gasteiger partial charge in [0.15, 0.2) is 0 Å². The van der Waals surface area contributed by atoms with Gasteiger partial charge in [-0.2, -0.15) is 0 Å². The van der Waals surface area contributed by atoms with Gasteiger partial charge in [-0.05, 0) is 19.9 Å². The molecule has 2 aliphatic rings. The van der Waals surface area contributed by atoms with E-state index in [-0.39, 0.29) is 6.61 Å². The number of nitrogens with zero attached hydrogens (tertiary/aromatic N) is 1. The van der Waals surface area contributed by atoms with Crippen molar-refractivity contribution in [2.24, 2.45) is 5.41 Å². The molecule has 6 nitrogen and oxygen atoms in total. The number of nitrogens with one attached hydrogen (secondary N) is 1. The lowest BCUT2D eigenvalue weighted by Gasteiger charge is -2.37. The number of hydrogen-bond donors (Lipinski definition) is 1. The average Bonchev–Trinajstić information content (AvgIpc) is 2.81. The third-order valence-electron chi connectivity index (χ3n) is 3.75. The van der Waals surface area contributed by atoms with Gasteiger partial charge in [0.1, 0.15) is 23.8 Å². The molecule has 104 valence electrons. The van der Waals surface area contributed by atoms with Crippen molar-refractivity contribution in [1.82, 2.24) is 10.2 Å². The average molecular weight is 274 g/mol. The van der Waals surface area contributed by atoms with Gasteiger partial charge in [-0.3, -0.25) is 19.8 Å². The molecular formula is C14H14N2O4. The number of barbiturate groups is 1. The van der Waals surface area contributed by atoms with Crippen LogP contribution < -0.4 is 10.1 Å². The van der Waals surface area contributed by atoms with Gasteiger partial charge in [0.25, 0.3) is 0 Å². The van der Waals surface area contributed by atoms with E-state index in [1.807, 2.05) is 18.2 Å². The molecule has 1 N–H and O–H groups in total. The van der Waals surface area contributed by atoms with Gasteiger partial charge in [-0.15, -0.1) is 0 Å². The second kappa shape index (κ2) is 4.06. The van der Waals surface area contributed by atoms with Crippen molar-refractivity contribution in [2.45, 2.75) is 19.9 Å². The Morgan fingerprint density at radius 1 is 1.25 bits per heavy atom. The Bertz CT molecular complexity index is 623. The first kappa shape index (κ1) is 12.7. The van der Waals surface area contributed by atoms with E-state index in [4.69, 9.17) is 4.74 Å². The minimum Gasteiger partial charge on any atom is -0.491 e. The molecule has 4 amide bonds. The number of carbonyl (C=O) groups is 3. The molecule has 6 heteroatoms. The largest absolute Gasteiger partial charge is 0.491 e. The molecule has 2 heterocycles. The maximum Gasteiger partial charge on any atom is 0.331 e. The second-order valence-electron chi connectivity index (χ2n) is 5.42. The highest BCUT2D eigenvalue weighted by molar-refractivity contribution is 6.18. The number of carbonyl (C=O) groups excluding carboxylic acids is 3. The summed E-state index contributed by atoms with van der Waals surface area (Å²) in [4.78, 5) is 37.3. The lowest BCUT2D eigenvalue weighted by molar-refractivity contribution is -0.150. The highest BCUT2D eigenvalue weighted by Gasteiger charge is 2.50. The van der Waals surface area contributed by atoms with Crippen LogP contribution in [0.25, 0.3) is 0 Å². The predicted octanol–water partition coefficient (Wildman–Crippen LogP) is 1.22. The number of urea groups is 1. The van der Waals surface area contributed by atoms with Crippen molar-refractivity contribution in [3.63, 3.8) is 0 Å². The van der Waals surface area contributed by atoms with Gasteiger partial charge in [-0.1, -0.05) is 18.2 Å². The van der Waals surface area contributed by atoms with Gasteiger partial charge in [0, 0.05) is 5.56 Å². The van der Waals surface area contributed by atoms with Crippen LogP contribution in [0.15, 0.2) is 24.3 Å². The molecule has 0 radical (unpaired) electrons. The van der Waals surface area contributed by atoms with Crippen molar-refractivity contribution in [1.29, 1.82) is 0 Å². The van der Waals surface area contributed by atoms with Crippen LogP contribution in [0.5, 0.6) is 5.75 Å². The van der Waals surface area contributed by atoms with E-state index in [9.17, 15) is 14.4 Å². The number of para-hydroxylation sites is 1.